The zero-order chi connectivity index (χ0) is 19.7. The number of hydrogen-bond donors (Lipinski definition) is 1. The predicted molar refractivity (Wildman–Crippen MR) is 104 cm³/mol. The lowest BCUT2D eigenvalue weighted by Gasteiger charge is -2.25. The van der Waals surface area contributed by atoms with Crippen LogP contribution in [-0.2, 0) is 16.0 Å². The van der Waals surface area contributed by atoms with Gasteiger partial charge in [-0.05, 0) is 49.1 Å². The number of rotatable bonds is 6. The van der Waals surface area contributed by atoms with Crippen molar-refractivity contribution in [2.75, 3.05) is 4.90 Å². The molecule has 1 atom stereocenters. The van der Waals surface area contributed by atoms with Gasteiger partial charge in [-0.1, -0.05) is 32.9 Å². The number of carbonyl (C=O) groups excluding carboxylic acids is 2. The maximum atomic E-state index is 12.9. The molecule has 1 unspecified atom stereocenters. The Morgan fingerprint density at radius 1 is 1.19 bits per heavy atom. The van der Waals surface area contributed by atoms with Crippen LogP contribution < -0.4 is 4.90 Å². The standard InChI is InChI=1S/C22H25NO4/c1-5-15-7-9-16(10-8-15)23-20(18-11-6-14(4)27-18)19(21(25)22(23)26)17(24)12-13(2)3/h6-11,13,20,25H,5,12H2,1-4H3. The van der Waals surface area contributed by atoms with Crippen LogP contribution in [0.3, 0.4) is 0 Å². The van der Waals surface area contributed by atoms with Gasteiger partial charge in [-0.2, -0.15) is 0 Å². The first-order chi connectivity index (χ1) is 12.8. The summed E-state index contributed by atoms with van der Waals surface area (Å²) < 4.78 is 5.75. The van der Waals surface area contributed by atoms with Crippen molar-refractivity contribution in [2.24, 2.45) is 5.92 Å². The molecule has 5 heteroatoms. The van der Waals surface area contributed by atoms with Crippen LogP contribution in [0.2, 0.25) is 0 Å². The largest absolute Gasteiger partial charge is 0.503 e. The van der Waals surface area contributed by atoms with Crippen LogP contribution in [0, 0.1) is 12.8 Å². The van der Waals surface area contributed by atoms with Crippen molar-refractivity contribution in [3.8, 4) is 0 Å². The SMILES string of the molecule is CCc1ccc(N2C(=O)C(O)=C(C(=O)CC(C)C)C2c2ccc(C)o2)cc1. The number of nitrogens with zero attached hydrogens (tertiary/aromatic N) is 1. The number of aliphatic hydroxyl groups excluding tert-OH is 1. The first kappa shape index (κ1) is 19.0. The van der Waals surface area contributed by atoms with Crippen LogP contribution in [0.1, 0.15) is 50.3 Å². The van der Waals surface area contributed by atoms with Crippen LogP contribution in [0.4, 0.5) is 5.69 Å². The van der Waals surface area contributed by atoms with Gasteiger partial charge in [-0.3, -0.25) is 14.5 Å². The molecule has 1 amide bonds. The topological polar surface area (TPSA) is 70.8 Å². The van der Waals surface area contributed by atoms with Gasteiger partial charge in [0.2, 0.25) is 0 Å². The average Bonchev–Trinajstić information content (AvgIpc) is 3.16. The highest BCUT2D eigenvalue weighted by Gasteiger charge is 2.45. The van der Waals surface area contributed by atoms with E-state index in [1.807, 2.05) is 38.1 Å². The summed E-state index contributed by atoms with van der Waals surface area (Å²) in [5, 5.41) is 10.5. The molecular weight excluding hydrogens is 342 g/mol. The van der Waals surface area contributed by atoms with Gasteiger partial charge in [0.25, 0.3) is 5.91 Å². The molecule has 1 aliphatic heterocycles. The monoisotopic (exact) mass is 367 g/mol. The molecule has 2 aromatic rings. The third kappa shape index (κ3) is 3.54. The fourth-order valence-electron chi connectivity index (χ4n) is 3.40. The summed E-state index contributed by atoms with van der Waals surface area (Å²) in [7, 11) is 0. The molecule has 0 saturated heterocycles. The van der Waals surface area contributed by atoms with Crippen LogP contribution in [0.5, 0.6) is 0 Å². The van der Waals surface area contributed by atoms with Crippen molar-refractivity contribution in [2.45, 2.75) is 46.6 Å². The van der Waals surface area contributed by atoms with E-state index in [1.165, 1.54) is 4.90 Å². The van der Waals surface area contributed by atoms with E-state index < -0.39 is 17.7 Å². The van der Waals surface area contributed by atoms with Gasteiger partial charge in [0.05, 0.1) is 5.57 Å². The number of aryl methyl sites for hydroxylation is 2. The maximum Gasteiger partial charge on any atom is 0.294 e. The summed E-state index contributed by atoms with van der Waals surface area (Å²) in [5.41, 5.74) is 1.88. The van der Waals surface area contributed by atoms with Gasteiger partial charge < -0.3 is 9.52 Å². The Hall–Kier alpha value is -2.82. The van der Waals surface area contributed by atoms with Gasteiger partial charge in [0.15, 0.2) is 11.5 Å². The lowest BCUT2D eigenvalue weighted by molar-refractivity contribution is -0.118. The van der Waals surface area contributed by atoms with E-state index in [-0.39, 0.29) is 23.7 Å². The number of furan rings is 1. The van der Waals surface area contributed by atoms with Gasteiger partial charge in [0.1, 0.15) is 17.6 Å². The number of amides is 1. The van der Waals surface area contributed by atoms with Crippen molar-refractivity contribution in [1.29, 1.82) is 0 Å². The number of benzene rings is 1. The second-order valence-electron chi connectivity index (χ2n) is 7.33. The average molecular weight is 367 g/mol. The molecular formula is C22H25NO4. The lowest BCUT2D eigenvalue weighted by atomic mass is 9.95. The number of ketones is 1. The lowest BCUT2D eigenvalue weighted by Crippen LogP contribution is -2.30. The van der Waals surface area contributed by atoms with E-state index in [2.05, 4.69) is 6.92 Å². The zero-order valence-electron chi connectivity index (χ0n) is 16.2. The summed E-state index contributed by atoms with van der Waals surface area (Å²) in [6.07, 6.45) is 1.14. The molecule has 0 saturated carbocycles. The van der Waals surface area contributed by atoms with Gasteiger partial charge >= 0.3 is 0 Å². The fraction of sp³-hybridized carbons (Fsp3) is 0.364. The van der Waals surface area contributed by atoms with E-state index in [9.17, 15) is 14.7 Å². The second-order valence-corrected chi connectivity index (χ2v) is 7.33. The summed E-state index contributed by atoms with van der Waals surface area (Å²) in [5.74, 6) is -0.0330. The van der Waals surface area contributed by atoms with Gasteiger partial charge in [-0.15, -0.1) is 0 Å². The molecule has 0 spiro atoms. The minimum atomic E-state index is -0.759. The highest BCUT2D eigenvalue weighted by atomic mass is 16.3. The Morgan fingerprint density at radius 2 is 1.85 bits per heavy atom. The number of anilines is 1. The number of hydrogen-bond acceptors (Lipinski definition) is 4. The predicted octanol–water partition coefficient (Wildman–Crippen LogP) is 4.67. The number of carbonyl (C=O) groups is 2. The summed E-state index contributed by atoms with van der Waals surface area (Å²) in [6.45, 7) is 7.72. The molecule has 1 aromatic carbocycles. The molecule has 3 rings (SSSR count). The molecule has 5 nitrogen and oxygen atoms in total. The Bertz CT molecular complexity index is 889. The third-order valence-corrected chi connectivity index (χ3v) is 4.76. The van der Waals surface area contributed by atoms with Crippen molar-refractivity contribution in [3.63, 3.8) is 0 Å². The Balaban J connectivity index is 2.09. The highest BCUT2D eigenvalue weighted by Crippen LogP contribution is 2.42. The molecule has 0 aliphatic carbocycles. The minimum Gasteiger partial charge on any atom is -0.503 e. The summed E-state index contributed by atoms with van der Waals surface area (Å²) in [6, 6.07) is 10.3. The van der Waals surface area contributed by atoms with Crippen LogP contribution in [0.15, 0.2) is 52.1 Å². The smallest absolute Gasteiger partial charge is 0.294 e. The molecule has 27 heavy (non-hydrogen) atoms. The van der Waals surface area contributed by atoms with Crippen molar-refractivity contribution in [3.05, 3.63) is 64.8 Å². The third-order valence-electron chi connectivity index (χ3n) is 4.76. The van der Waals surface area contributed by atoms with Crippen molar-refractivity contribution >= 4 is 17.4 Å². The van der Waals surface area contributed by atoms with Crippen molar-refractivity contribution < 1.29 is 19.1 Å². The Labute approximate surface area is 159 Å². The summed E-state index contributed by atoms with van der Waals surface area (Å²) >= 11 is 0. The summed E-state index contributed by atoms with van der Waals surface area (Å²) in [4.78, 5) is 27.2. The van der Waals surface area contributed by atoms with Crippen LogP contribution in [0.25, 0.3) is 0 Å². The van der Waals surface area contributed by atoms with E-state index in [1.54, 1.807) is 19.1 Å². The number of aliphatic hydroxyl groups is 1. The molecule has 2 heterocycles. The second kappa shape index (κ2) is 7.43. The first-order valence-corrected chi connectivity index (χ1v) is 9.28. The van der Waals surface area contributed by atoms with Crippen LogP contribution in [-0.4, -0.2) is 16.8 Å². The zero-order valence-corrected chi connectivity index (χ0v) is 16.2. The maximum absolute atomic E-state index is 12.9. The quantitative estimate of drug-likeness (QED) is 0.806. The number of Topliss-reactive ketones (excluding diaryl/α,β-unsaturated/α-hetero) is 1. The Kier molecular flexibility index (Phi) is 5.22. The highest BCUT2D eigenvalue weighted by molar-refractivity contribution is 6.16. The van der Waals surface area contributed by atoms with Gasteiger partial charge in [-0.25, -0.2) is 0 Å². The molecule has 142 valence electrons. The van der Waals surface area contributed by atoms with E-state index in [0.717, 1.165) is 12.0 Å². The van der Waals surface area contributed by atoms with E-state index >= 15 is 0 Å². The molecule has 1 aromatic heterocycles. The normalized spacial score (nSPS) is 17.3. The minimum absolute atomic E-state index is 0.114. The van der Waals surface area contributed by atoms with E-state index in [4.69, 9.17) is 4.42 Å². The molecule has 0 bridgehead atoms. The van der Waals surface area contributed by atoms with Crippen molar-refractivity contribution in [1.82, 2.24) is 0 Å². The molecule has 0 fully saturated rings. The molecule has 1 N–H and O–H groups in total. The fourth-order valence-corrected chi connectivity index (χ4v) is 3.40. The van der Waals surface area contributed by atoms with Crippen LogP contribution >= 0.6 is 0 Å². The molecule has 1 aliphatic rings. The Morgan fingerprint density at radius 3 is 2.37 bits per heavy atom. The van der Waals surface area contributed by atoms with E-state index in [0.29, 0.717) is 17.2 Å². The molecule has 0 radical (unpaired) electrons. The van der Waals surface area contributed by atoms with Gasteiger partial charge in [0, 0.05) is 12.1 Å². The first-order valence-electron chi connectivity index (χ1n) is 9.28.